The van der Waals surface area contributed by atoms with Crippen LogP contribution in [0.25, 0.3) is 0 Å². The van der Waals surface area contributed by atoms with E-state index in [1.54, 1.807) is 0 Å². The number of hydrogen-bond donors (Lipinski definition) is 2. The molecule has 118 valence electrons. The summed E-state index contributed by atoms with van der Waals surface area (Å²) in [6.07, 6.45) is 5.69. The van der Waals surface area contributed by atoms with E-state index in [4.69, 9.17) is 0 Å². The zero-order valence-electron chi connectivity index (χ0n) is 13.8. The quantitative estimate of drug-likeness (QED) is 0.846. The van der Waals surface area contributed by atoms with Crippen LogP contribution < -0.4 is 10.2 Å². The van der Waals surface area contributed by atoms with Gasteiger partial charge in [-0.05, 0) is 64.2 Å². The SMILES string of the molecule is Cc1cc(CNC(C)(C)C)cnc1N(CCO)C1CCC1. The van der Waals surface area contributed by atoms with Crippen molar-refractivity contribution in [1.82, 2.24) is 10.3 Å². The Morgan fingerprint density at radius 1 is 1.38 bits per heavy atom. The highest BCUT2D eigenvalue weighted by Gasteiger charge is 2.26. The summed E-state index contributed by atoms with van der Waals surface area (Å²) >= 11 is 0. The van der Waals surface area contributed by atoms with Gasteiger partial charge in [0.25, 0.3) is 0 Å². The minimum Gasteiger partial charge on any atom is -0.395 e. The third-order valence-corrected chi connectivity index (χ3v) is 4.06. The molecule has 1 aliphatic rings. The average Bonchev–Trinajstić information content (AvgIpc) is 2.33. The minimum atomic E-state index is 0.113. The summed E-state index contributed by atoms with van der Waals surface area (Å²) in [6, 6.07) is 2.77. The number of aliphatic hydroxyl groups excluding tert-OH is 1. The maximum absolute atomic E-state index is 9.31. The Labute approximate surface area is 128 Å². The summed E-state index contributed by atoms with van der Waals surface area (Å²) in [6.45, 7) is 10.3. The third kappa shape index (κ3) is 4.42. The third-order valence-electron chi connectivity index (χ3n) is 4.06. The number of nitrogens with zero attached hydrogens (tertiary/aromatic N) is 2. The lowest BCUT2D eigenvalue weighted by Crippen LogP contribution is -2.42. The molecule has 21 heavy (non-hydrogen) atoms. The first-order valence-electron chi connectivity index (χ1n) is 7.99. The van der Waals surface area contributed by atoms with E-state index in [1.165, 1.54) is 30.4 Å². The summed E-state index contributed by atoms with van der Waals surface area (Å²) < 4.78 is 0. The summed E-state index contributed by atoms with van der Waals surface area (Å²) in [5.74, 6) is 1.04. The van der Waals surface area contributed by atoms with Crippen LogP contribution in [0.2, 0.25) is 0 Å². The molecule has 0 aromatic carbocycles. The highest BCUT2D eigenvalue weighted by atomic mass is 16.3. The van der Waals surface area contributed by atoms with Crippen molar-refractivity contribution < 1.29 is 5.11 Å². The first-order chi connectivity index (χ1) is 9.90. The maximum Gasteiger partial charge on any atom is 0.131 e. The van der Waals surface area contributed by atoms with Crippen molar-refractivity contribution in [3.05, 3.63) is 23.4 Å². The molecule has 1 aromatic rings. The standard InChI is InChI=1S/C17H29N3O/c1-13-10-14(12-19-17(2,3)4)11-18-16(13)20(8-9-21)15-6-5-7-15/h10-11,15,19,21H,5-9,12H2,1-4H3. The van der Waals surface area contributed by atoms with Crippen molar-refractivity contribution in [3.63, 3.8) is 0 Å². The van der Waals surface area contributed by atoms with E-state index in [9.17, 15) is 5.11 Å². The van der Waals surface area contributed by atoms with Crippen LogP contribution in [-0.4, -0.2) is 34.8 Å². The Balaban J connectivity index is 2.09. The van der Waals surface area contributed by atoms with Crippen LogP contribution in [0.1, 0.15) is 51.2 Å². The molecule has 1 saturated carbocycles. The number of aromatic nitrogens is 1. The van der Waals surface area contributed by atoms with Crippen molar-refractivity contribution in [1.29, 1.82) is 0 Å². The van der Waals surface area contributed by atoms with Gasteiger partial charge in [0.05, 0.1) is 6.61 Å². The predicted molar refractivity (Wildman–Crippen MR) is 87.6 cm³/mol. The van der Waals surface area contributed by atoms with Gasteiger partial charge >= 0.3 is 0 Å². The summed E-state index contributed by atoms with van der Waals surface area (Å²) in [5.41, 5.74) is 2.52. The number of aryl methyl sites for hydroxylation is 1. The van der Waals surface area contributed by atoms with Gasteiger partial charge in [0, 0.05) is 30.9 Å². The molecule has 1 heterocycles. The molecule has 0 spiro atoms. The van der Waals surface area contributed by atoms with Crippen LogP contribution in [0.4, 0.5) is 5.82 Å². The fourth-order valence-corrected chi connectivity index (χ4v) is 2.66. The monoisotopic (exact) mass is 291 g/mol. The molecule has 4 heteroatoms. The second-order valence-corrected chi connectivity index (χ2v) is 7.09. The van der Waals surface area contributed by atoms with Gasteiger partial charge in [-0.25, -0.2) is 4.98 Å². The molecular formula is C17H29N3O. The van der Waals surface area contributed by atoms with Crippen LogP contribution in [-0.2, 0) is 6.54 Å². The van der Waals surface area contributed by atoms with E-state index in [-0.39, 0.29) is 12.1 Å². The molecule has 2 N–H and O–H groups in total. The van der Waals surface area contributed by atoms with Gasteiger partial charge in [-0.3, -0.25) is 0 Å². The molecule has 0 unspecified atom stereocenters. The Hall–Kier alpha value is -1.13. The normalized spacial score (nSPS) is 15.9. The Morgan fingerprint density at radius 3 is 2.57 bits per heavy atom. The summed E-state index contributed by atoms with van der Waals surface area (Å²) in [4.78, 5) is 6.95. The molecule has 0 amide bonds. The number of aliphatic hydroxyl groups is 1. The molecule has 0 aliphatic heterocycles. The number of pyridine rings is 1. The van der Waals surface area contributed by atoms with E-state index < -0.39 is 0 Å². The van der Waals surface area contributed by atoms with Crippen LogP contribution in [0, 0.1) is 6.92 Å². The molecule has 0 radical (unpaired) electrons. The van der Waals surface area contributed by atoms with E-state index in [0.717, 1.165) is 12.4 Å². The van der Waals surface area contributed by atoms with Gasteiger partial charge in [0.1, 0.15) is 5.82 Å². The largest absolute Gasteiger partial charge is 0.395 e. The Morgan fingerprint density at radius 2 is 2.10 bits per heavy atom. The van der Waals surface area contributed by atoms with Crippen LogP contribution in [0.3, 0.4) is 0 Å². The zero-order chi connectivity index (χ0) is 15.5. The Bertz CT molecular complexity index is 464. The second-order valence-electron chi connectivity index (χ2n) is 7.09. The molecule has 1 fully saturated rings. The van der Waals surface area contributed by atoms with Crippen molar-refractivity contribution in [2.75, 3.05) is 18.1 Å². The number of nitrogens with one attached hydrogen (secondary N) is 1. The van der Waals surface area contributed by atoms with Gasteiger partial charge in [-0.2, -0.15) is 0 Å². The van der Waals surface area contributed by atoms with E-state index in [2.05, 4.69) is 49.0 Å². The average molecular weight is 291 g/mol. The molecule has 0 saturated heterocycles. The van der Waals surface area contributed by atoms with Gasteiger partial charge in [0.2, 0.25) is 0 Å². The van der Waals surface area contributed by atoms with Crippen LogP contribution in [0.5, 0.6) is 0 Å². The van der Waals surface area contributed by atoms with Gasteiger partial charge < -0.3 is 15.3 Å². The summed E-state index contributed by atoms with van der Waals surface area (Å²) in [5, 5.41) is 12.8. The maximum atomic E-state index is 9.31. The lowest BCUT2D eigenvalue weighted by Gasteiger charge is -2.38. The smallest absolute Gasteiger partial charge is 0.131 e. The minimum absolute atomic E-state index is 0.113. The predicted octanol–water partition coefficient (Wildman–Crippen LogP) is 2.63. The lowest BCUT2D eigenvalue weighted by molar-refractivity contribution is 0.283. The van der Waals surface area contributed by atoms with Crippen molar-refractivity contribution in [3.8, 4) is 0 Å². The molecule has 2 rings (SSSR count). The fourth-order valence-electron chi connectivity index (χ4n) is 2.66. The van der Waals surface area contributed by atoms with E-state index in [0.29, 0.717) is 12.6 Å². The molecular weight excluding hydrogens is 262 g/mol. The molecule has 0 bridgehead atoms. The summed E-state index contributed by atoms with van der Waals surface area (Å²) in [7, 11) is 0. The number of hydrogen-bond acceptors (Lipinski definition) is 4. The van der Waals surface area contributed by atoms with Crippen molar-refractivity contribution in [2.24, 2.45) is 0 Å². The lowest BCUT2D eigenvalue weighted by atomic mass is 9.91. The molecule has 1 aliphatic carbocycles. The first kappa shape index (κ1) is 16.2. The van der Waals surface area contributed by atoms with Gasteiger partial charge in [-0.1, -0.05) is 0 Å². The molecule has 4 nitrogen and oxygen atoms in total. The topological polar surface area (TPSA) is 48.4 Å². The van der Waals surface area contributed by atoms with Gasteiger partial charge in [-0.15, -0.1) is 0 Å². The van der Waals surface area contributed by atoms with Crippen LogP contribution >= 0.6 is 0 Å². The zero-order valence-corrected chi connectivity index (χ0v) is 13.8. The Kier molecular flexibility index (Phi) is 5.22. The van der Waals surface area contributed by atoms with Crippen molar-refractivity contribution >= 4 is 5.82 Å². The second kappa shape index (κ2) is 6.75. The number of anilines is 1. The van der Waals surface area contributed by atoms with E-state index in [1.807, 2.05) is 6.20 Å². The number of rotatable bonds is 6. The first-order valence-corrected chi connectivity index (χ1v) is 7.99. The van der Waals surface area contributed by atoms with E-state index >= 15 is 0 Å². The van der Waals surface area contributed by atoms with Crippen molar-refractivity contribution in [2.45, 2.75) is 65.1 Å². The highest BCUT2D eigenvalue weighted by molar-refractivity contribution is 5.48. The molecule has 1 aromatic heterocycles. The van der Waals surface area contributed by atoms with Gasteiger partial charge in [0.15, 0.2) is 0 Å². The molecule has 0 atom stereocenters. The fraction of sp³-hybridized carbons (Fsp3) is 0.706. The highest BCUT2D eigenvalue weighted by Crippen LogP contribution is 2.30. The van der Waals surface area contributed by atoms with Crippen LogP contribution in [0.15, 0.2) is 12.3 Å².